The molecule has 2 amide bonds. The van der Waals surface area contributed by atoms with Crippen molar-refractivity contribution in [1.82, 2.24) is 25.6 Å². The summed E-state index contributed by atoms with van der Waals surface area (Å²) in [5.74, 6) is 0.162. The third-order valence-corrected chi connectivity index (χ3v) is 5.83. The van der Waals surface area contributed by atoms with Gasteiger partial charge in [0.25, 0.3) is 11.8 Å². The van der Waals surface area contributed by atoms with Crippen LogP contribution in [-0.2, 0) is 18.3 Å². The van der Waals surface area contributed by atoms with Crippen molar-refractivity contribution in [3.05, 3.63) is 64.1 Å². The number of hydrazine groups is 1. The highest BCUT2D eigenvalue weighted by Crippen LogP contribution is 2.23. The standard InChI is InChI=1S/C18H19N5O2S2/c1-12(16(24)20-21-17(25)13-7-4-3-5-8-13)27-18-22-19-15(23(18)2)11-14-9-6-10-26-14/h3-10,12H,11H2,1-2H3,(H,20,24)(H,21,25)/t12-/m0/s1. The molecule has 140 valence electrons. The van der Waals surface area contributed by atoms with Crippen molar-refractivity contribution in [2.75, 3.05) is 0 Å². The number of rotatable bonds is 6. The molecule has 2 heterocycles. The third kappa shape index (κ3) is 4.95. The van der Waals surface area contributed by atoms with Crippen LogP contribution in [0.4, 0.5) is 0 Å². The van der Waals surface area contributed by atoms with Gasteiger partial charge in [-0.2, -0.15) is 0 Å². The predicted octanol–water partition coefficient (Wildman–Crippen LogP) is 2.41. The highest BCUT2D eigenvalue weighted by Gasteiger charge is 2.19. The molecule has 3 rings (SSSR count). The Morgan fingerprint density at radius 2 is 1.93 bits per heavy atom. The molecule has 0 fully saturated rings. The second-order valence-corrected chi connectivity index (χ2v) is 8.12. The molecule has 9 heteroatoms. The van der Waals surface area contributed by atoms with E-state index in [-0.39, 0.29) is 11.8 Å². The summed E-state index contributed by atoms with van der Waals surface area (Å²) in [4.78, 5) is 25.4. The van der Waals surface area contributed by atoms with Crippen molar-refractivity contribution >= 4 is 34.9 Å². The van der Waals surface area contributed by atoms with E-state index in [2.05, 4.69) is 27.1 Å². The van der Waals surface area contributed by atoms with Crippen LogP contribution in [0.2, 0.25) is 0 Å². The van der Waals surface area contributed by atoms with Gasteiger partial charge in [-0.1, -0.05) is 36.0 Å². The minimum absolute atomic E-state index is 0.313. The van der Waals surface area contributed by atoms with E-state index in [0.29, 0.717) is 17.1 Å². The zero-order valence-electron chi connectivity index (χ0n) is 14.9. The van der Waals surface area contributed by atoms with Crippen molar-refractivity contribution in [2.24, 2.45) is 7.05 Å². The molecule has 2 aromatic heterocycles. The lowest BCUT2D eigenvalue weighted by molar-refractivity contribution is -0.121. The van der Waals surface area contributed by atoms with E-state index in [9.17, 15) is 9.59 Å². The molecule has 0 unspecified atom stereocenters. The highest BCUT2D eigenvalue weighted by atomic mass is 32.2. The van der Waals surface area contributed by atoms with Gasteiger partial charge in [-0.05, 0) is 30.5 Å². The van der Waals surface area contributed by atoms with Crippen LogP contribution in [-0.4, -0.2) is 31.8 Å². The Balaban J connectivity index is 1.54. The molecule has 2 N–H and O–H groups in total. The molecule has 0 saturated heterocycles. The highest BCUT2D eigenvalue weighted by molar-refractivity contribution is 8.00. The van der Waals surface area contributed by atoms with Gasteiger partial charge in [0, 0.05) is 23.9 Å². The van der Waals surface area contributed by atoms with Gasteiger partial charge in [0.1, 0.15) is 5.82 Å². The van der Waals surface area contributed by atoms with E-state index >= 15 is 0 Å². The Kier molecular flexibility index (Phi) is 6.25. The summed E-state index contributed by atoms with van der Waals surface area (Å²) in [6, 6.07) is 12.7. The van der Waals surface area contributed by atoms with Gasteiger partial charge >= 0.3 is 0 Å². The lowest BCUT2D eigenvalue weighted by atomic mass is 10.2. The smallest absolute Gasteiger partial charge is 0.269 e. The Hall–Kier alpha value is -2.65. The number of hydrogen-bond acceptors (Lipinski definition) is 6. The molecular formula is C18H19N5O2S2. The summed E-state index contributed by atoms with van der Waals surface area (Å²) < 4.78 is 1.89. The molecule has 1 aromatic carbocycles. The maximum absolute atomic E-state index is 12.3. The Morgan fingerprint density at radius 3 is 2.63 bits per heavy atom. The summed E-state index contributed by atoms with van der Waals surface area (Å²) in [6.07, 6.45) is 0.704. The van der Waals surface area contributed by atoms with Crippen LogP contribution in [0, 0.1) is 0 Å². The molecule has 0 aliphatic carbocycles. The van der Waals surface area contributed by atoms with Gasteiger partial charge < -0.3 is 4.57 Å². The molecule has 27 heavy (non-hydrogen) atoms. The van der Waals surface area contributed by atoms with Crippen molar-refractivity contribution in [1.29, 1.82) is 0 Å². The zero-order valence-corrected chi connectivity index (χ0v) is 16.5. The van der Waals surface area contributed by atoms with Crippen LogP contribution in [0.25, 0.3) is 0 Å². The molecule has 0 saturated carbocycles. The van der Waals surface area contributed by atoms with Crippen LogP contribution in [0.5, 0.6) is 0 Å². The molecule has 1 atom stereocenters. The van der Waals surface area contributed by atoms with Gasteiger partial charge in [0.05, 0.1) is 5.25 Å². The van der Waals surface area contributed by atoms with Crippen molar-refractivity contribution in [3.8, 4) is 0 Å². The third-order valence-electron chi connectivity index (χ3n) is 3.82. The summed E-state index contributed by atoms with van der Waals surface area (Å²) in [7, 11) is 1.88. The second-order valence-electron chi connectivity index (χ2n) is 5.78. The van der Waals surface area contributed by atoms with E-state index in [0.717, 1.165) is 5.82 Å². The fraction of sp³-hybridized carbons (Fsp3) is 0.222. The van der Waals surface area contributed by atoms with Crippen LogP contribution in [0.1, 0.15) is 28.0 Å². The second kappa shape index (κ2) is 8.83. The Labute approximate surface area is 165 Å². The van der Waals surface area contributed by atoms with Crippen molar-refractivity contribution in [3.63, 3.8) is 0 Å². The number of carbonyl (C=O) groups excluding carboxylic acids is 2. The number of aromatic nitrogens is 3. The molecule has 0 spiro atoms. The summed E-state index contributed by atoms with van der Waals surface area (Å²) >= 11 is 2.96. The SMILES string of the molecule is C[C@H](Sc1nnc(Cc2cccs2)n1C)C(=O)NNC(=O)c1ccccc1. The minimum Gasteiger partial charge on any atom is -0.309 e. The number of nitrogens with one attached hydrogen (secondary N) is 2. The fourth-order valence-corrected chi connectivity index (χ4v) is 3.80. The van der Waals surface area contributed by atoms with Crippen LogP contribution in [0.15, 0.2) is 53.0 Å². The summed E-state index contributed by atoms with van der Waals surface area (Å²) in [5, 5.41) is 10.6. The fourth-order valence-electron chi connectivity index (χ4n) is 2.26. The lowest BCUT2D eigenvalue weighted by Crippen LogP contribution is -2.44. The largest absolute Gasteiger partial charge is 0.309 e. The average Bonchev–Trinajstić information content (AvgIpc) is 3.32. The molecule has 0 aliphatic rings. The molecule has 3 aromatic rings. The molecule has 0 aliphatic heterocycles. The van der Waals surface area contributed by atoms with Gasteiger partial charge in [0.15, 0.2) is 5.16 Å². The quantitative estimate of drug-likeness (QED) is 0.489. The number of thiophene rings is 1. The molecule has 0 radical (unpaired) electrons. The van der Waals surface area contributed by atoms with E-state index in [4.69, 9.17) is 0 Å². The van der Waals surface area contributed by atoms with E-state index < -0.39 is 5.25 Å². The van der Waals surface area contributed by atoms with Gasteiger partial charge in [-0.25, -0.2) is 0 Å². The number of thioether (sulfide) groups is 1. The van der Waals surface area contributed by atoms with Crippen LogP contribution < -0.4 is 10.9 Å². The zero-order chi connectivity index (χ0) is 19.2. The van der Waals surface area contributed by atoms with Crippen LogP contribution in [0.3, 0.4) is 0 Å². The first kappa shape index (κ1) is 19.1. The maximum Gasteiger partial charge on any atom is 0.269 e. The average molecular weight is 402 g/mol. The number of carbonyl (C=O) groups is 2. The topological polar surface area (TPSA) is 88.9 Å². The Bertz CT molecular complexity index is 909. The summed E-state index contributed by atoms with van der Waals surface area (Å²) in [6.45, 7) is 1.75. The van der Waals surface area contributed by atoms with Crippen molar-refractivity contribution < 1.29 is 9.59 Å². The lowest BCUT2D eigenvalue weighted by Gasteiger charge is -2.12. The maximum atomic E-state index is 12.3. The van der Waals surface area contributed by atoms with E-state index in [1.54, 1.807) is 42.5 Å². The number of hydrogen-bond donors (Lipinski definition) is 2. The summed E-state index contributed by atoms with van der Waals surface area (Å²) in [5.41, 5.74) is 5.35. The normalized spacial score (nSPS) is 11.8. The van der Waals surface area contributed by atoms with Gasteiger partial charge in [-0.15, -0.1) is 21.5 Å². The first-order valence-corrected chi connectivity index (χ1v) is 10.0. The monoisotopic (exact) mass is 401 g/mol. The minimum atomic E-state index is -0.446. The number of benzene rings is 1. The van der Waals surface area contributed by atoms with E-state index in [1.807, 2.05) is 29.1 Å². The predicted molar refractivity (Wildman–Crippen MR) is 105 cm³/mol. The number of nitrogens with zero attached hydrogens (tertiary/aromatic N) is 3. The molecule has 0 bridgehead atoms. The molecule has 7 nitrogen and oxygen atoms in total. The Morgan fingerprint density at radius 1 is 1.15 bits per heavy atom. The van der Waals surface area contributed by atoms with Crippen molar-refractivity contribution in [2.45, 2.75) is 23.8 Å². The van der Waals surface area contributed by atoms with E-state index in [1.165, 1.54) is 16.6 Å². The first-order chi connectivity index (χ1) is 13.0. The van der Waals surface area contributed by atoms with Gasteiger partial charge in [0.2, 0.25) is 0 Å². The molecular weight excluding hydrogens is 382 g/mol. The number of amides is 2. The van der Waals surface area contributed by atoms with Crippen LogP contribution >= 0.6 is 23.1 Å². The first-order valence-electron chi connectivity index (χ1n) is 8.27. The van der Waals surface area contributed by atoms with Gasteiger partial charge in [-0.3, -0.25) is 20.4 Å².